The molecule has 2 rings (SSSR count). The Hall–Kier alpha value is 0.177. The van der Waals surface area contributed by atoms with E-state index in [1.165, 1.54) is 31.7 Å². The quantitative estimate of drug-likeness (QED) is 0.433. The van der Waals surface area contributed by atoms with Gasteiger partial charge in [0.05, 0.1) is 20.8 Å². The number of ether oxygens (including phenoxy) is 1. The summed E-state index contributed by atoms with van der Waals surface area (Å²) in [4.78, 5) is 0. The van der Waals surface area contributed by atoms with Gasteiger partial charge in [-0.2, -0.15) is 0 Å². The molecule has 2 aliphatic rings. The van der Waals surface area contributed by atoms with Crippen molar-refractivity contribution in [3.05, 3.63) is 0 Å². The first-order valence-corrected chi connectivity index (χ1v) is 6.26. The maximum atomic E-state index is 5.77. The van der Waals surface area contributed by atoms with Gasteiger partial charge in [0.25, 0.3) is 0 Å². The van der Waals surface area contributed by atoms with Crippen LogP contribution in [-0.4, -0.2) is 20.8 Å². The summed E-state index contributed by atoms with van der Waals surface area (Å²) in [6.07, 6.45) is 6.35. The molecule has 1 saturated carbocycles. The highest BCUT2D eigenvalue weighted by molar-refractivity contribution is 6.41. The zero-order chi connectivity index (χ0) is 7.03. The maximum Gasteiger partial charge on any atom is 0.0831 e. The van der Waals surface area contributed by atoms with Gasteiger partial charge in [0.2, 0.25) is 0 Å². The van der Waals surface area contributed by atoms with Gasteiger partial charge in [0.1, 0.15) is 0 Å². The van der Waals surface area contributed by atoms with Crippen LogP contribution in [0.3, 0.4) is 0 Å². The number of epoxide rings is 1. The van der Waals surface area contributed by atoms with Crippen molar-refractivity contribution in [2.75, 3.05) is 0 Å². The summed E-state index contributed by atoms with van der Waals surface area (Å²) in [5, 5.41) is 0.535. The van der Waals surface area contributed by atoms with Crippen molar-refractivity contribution in [2.24, 2.45) is 0 Å². The third-order valence-corrected chi connectivity index (χ3v) is 5.22. The molecule has 2 heteroatoms. The van der Waals surface area contributed by atoms with Crippen molar-refractivity contribution in [3.63, 3.8) is 0 Å². The molecule has 0 aromatic carbocycles. The summed E-state index contributed by atoms with van der Waals surface area (Å²) in [6.45, 7) is 2.31. The first-order valence-electron chi connectivity index (χ1n) is 4.55. The minimum atomic E-state index is 0.131. The van der Waals surface area contributed by atoms with Crippen LogP contribution in [-0.2, 0) is 4.74 Å². The summed E-state index contributed by atoms with van der Waals surface area (Å²) in [5.41, 5.74) is 0. The topological polar surface area (TPSA) is 12.5 Å². The van der Waals surface area contributed by atoms with E-state index in [0.29, 0.717) is 5.22 Å². The zero-order valence-electron chi connectivity index (χ0n) is 6.73. The van der Waals surface area contributed by atoms with Gasteiger partial charge in [-0.1, -0.05) is 25.8 Å². The molecular weight excluding hydrogens is 140 g/mol. The first-order chi connectivity index (χ1) is 4.87. The van der Waals surface area contributed by atoms with Crippen molar-refractivity contribution in [1.29, 1.82) is 0 Å². The van der Waals surface area contributed by atoms with Crippen molar-refractivity contribution >= 4 is 9.52 Å². The Bertz CT molecular complexity index is 133. The maximum absolute atomic E-state index is 5.77. The van der Waals surface area contributed by atoms with E-state index in [1.807, 2.05) is 0 Å². The van der Waals surface area contributed by atoms with Crippen molar-refractivity contribution in [1.82, 2.24) is 0 Å². The van der Waals surface area contributed by atoms with Gasteiger partial charge in [0, 0.05) is 0 Å². The lowest BCUT2D eigenvalue weighted by atomic mass is 10.0. The lowest BCUT2D eigenvalue weighted by Gasteiger charge is -2.14. The smallest absolute Gasteiger partial charge is 0.0831 e. The first kappa shape index (κ1) is 6.86. The average molecular weight is 156 g/mol. The monoisotopic (exact) mass is 156 g/mol. The van der Waals surface area contributed by atoms with Gasteiger partial charge in [-0.15, -0.1) is 0 Å². The molecule has 1 nitrogen and oxygen atoms in total. The molecule has 0 N–H and O–H groups in total. The van der Waals surface area contributed by atoms with E-state index in [4.69, 9.17) is 4.74 Å². The van der Waals surface area contributed by atoms with E-state index in [0.717, 1.165) is 6.10 Å². The van der Waals surface area contributed by atoms with Crippen LogP contribution in [0.4, 0.5) is 0 Å². The van der Waals surface area contributed by atoms with Crippen LogP contribution in [0, 0.1) is 0 Å². The summed E-state index contributed by atoms with van der Waals surface area (Å²) in [6, 6.07) is 1.43. The normalized spacial score (nSPS) is 45.9. The predicted octanol–water partition coefficient (Wildman–Crippen LogP) is 1.26. The second kappa shape index (κ2) is 2.34. The molecule has 0 aromatic rings. The lowest BCUT2D eigenvalue weighted by molar-refractivity contribution is 0.349. The zero-order valence-corrected chi connectivity index (χ0v) is 8.14. The highest BCUT2D eigenvalue weighted by Gasteiger charge is 2.55. The van der Waals surface area contributed by atoms with Crippen molar-refractivity contribution in [2.45, 2.75) is 50.0 Å². The van der Waals surface area contributed by atoms with Gasteiger partial charge in [-0.25, -0.2) is 0 Å². The van der Waals surface area contributed by atoms with Gasteiger partial charge >= 0.3 is 0 Å². The molecular formula is C8H16OSi. The molecule has 58 valence electrons. The fourth-order valence-electron chi connectivity index (χ4n) is 2.31. The molecule has 0 bridgehead atoms. The Morgan fingerprint density at radius 1 is 1.60 bits per heavy atom. The Morgan fingerprint density at radius 3 is 3.20 bits per heavy atom. The Balaban J connectivity index is 1.92. The SMILES string of the molecule is CC[SiH2]C12CCCCC1O2. The number of fused-ring (bicyclic) bond motifs is 1. The van der Waals surface area contributed by atoms with Crippen LogP contribution >= 0.6 is 0 Å². The summed E-state index contributed by atoms with van der Waals surface area (Å²) < 4.78 is 5.77. The molecule has 0 radical (unpaired) electrons. The van der Waals surface area contributed by atoms with Gasteiger partial charge < -0.3 is 4.74 Å². The van der Waals surface area contributed by atoms with Crippen LogP contribution in [0.15, 0.2) is 0 Å². The highest BCUT2D eigenvalue weighted by atomic mass is 28.2. The van der Waals surface area contributed by atoms with E-state index in [9.17, 15) is 0 Å². The van der Waals surface area contributed by atoms with Gasteiger partial charge in [-0.3, -0.25) is 0 Å². The Kier molecular flexibility index (Phi) is 1.61. The number of hydrogen-bond acceptors (Lipinski definition) is 1. The fourth-order valence-corrected chi connectivity index (χ4v) is 4.50. The fraction of sp³-hybridized carbons (Fsp3) is 1.00. The van der Waals surface area contributed by atoms with Crippen LogP contribution < -0.4 is 0 Å². The molecule has 0 aromatic heterocycles. The summed E-state index contributed by atoms with van der Waals surface area (Å²) >= 11 is 0. The summed E-state index contributed by atoms with van der Waals surface area (Å²) in [7, 11) is 0.131. The molecule has 1 saturated heterocycles. The number of hydrogen-bond donors (Lipinski definition) is 0. The van der Waals surface area contributed by atoms with Crippen LogP contribution in [0.2, 0.25) is 6.04 Å². The molecule has 1 aliphatic carbocycles. The third kappa shape index (κ3) is 0.939. The van der Waals surface area contributed by atoms with E-state index < -0.39 is 0 Å². The standard InChI is InChI=1S/C8H16OSi/c1-2-10-8-6-4-3-5-7(8)9-8/h7H,2-6,10H2,1H3. The van der Waals surface area contributed by atoms with Crippen LogP contribution in [0.5, 0.6) is 0 Å². The average Bonchev–Trinajstić information content (AvgIpc) is 2.62. The molecule has 10 heavy (non-hydrogen) atoms. The van der Waals surface area contributed by atoms with E-state index >= 15 is 0 Å². The van der Waals surface area contributed by atoms with E-state index in [-0.39, 0.29) is 9.52 Å². The second-order valence-corrected chi connectivity index (χ2v) is 6.36. The molecule has 0 spiro atoms. The van der Waals surface area contributed by atoms with Crippen LogP contribution in [0.1, 0.15) is 32.6 Å². The van der Waals surface area contributed by atoms with Gasteiger partial charge in [0.15, 0.2) is 0 Å². The largest absolute Gasteiger partial charge is 0.371 e. The van der Waals surface area contributed by atoms with Crippen molar-refractivity contribution in [3.8, 4) is 0 Å². The van der Waals surface area contributed by atoms with Crippen molar-refractivity contribution < 1.29 is 4.74 Å². The summed E-state index contributed by atoms with van der Waals surface area (Å²) in [5.74, 6) is 0. The van der Waals surface area contributed by atoms with Crippen LogP contribution in [0.25, 0.3) is 0 Å². The molecule has 2 fully saturated rings. The second-order valence-electron chi connectivity index (χ2n) is 3.67. The minimum absolute atomic E-state index is 0.131. The minimum Gasteiger partial charge on any atom is -0.371 e. The molecule has 2 unspecified atom stereocenters. The Morgan fingerprint density at radius 2 is 2.50 bits per heavy atom. The van der Waals surface area contributed by atoms with E-state index in [1.54, 1.807) is 0 Å². The number of rotatable bonds is 2. The highest BCUT2D eigenvalue weighted by Crippen LogP contribution is 2.47. The van der Waals surface area contributed by atoms with Gasteiger partial charge in [-0.05, 0) is 12.8 Å². The molecule has 0 amide bonds. The van der Waals surface area contributed by atoms with E-state index in [2.05, 4.69) is 6.92 Å². The molecule has 1 aliphatic heterocycles. The Labute approximate surface area is 65.0 Å². The third-order valence-electron chi connectivity index (χ3n) is 2.90. The molecule has 2 atom stereocenters. The lowest BCUT2D eigenvalue weighted by Crippen LogP contribution is -2.26. The molecule has 1 heterocycles. The predicted molar refractivity (Wildman–Crippen MR) is 45.1 cm³/mol.